The molecule has 1 aromatic heterocycles. The van der Waals surface area contributed by atoms with Crippen molar-refractivity contribution in [2.45, 2.75) is 38.1 Å². The number of pyridine rings is 1. The molecule has 3 heteroatoms. The van der Waals surface area contributed by atoms with Gasteiger partial charge in [0.05, 0.1) is 0 Å². The maximum Gasteiger partial charge on any atom is 0.0399 e. The van der Waals surface area contributed by atoms with Gasteiger partial charge in [-0.1, -0.05) is 19.3 Å². The van der Waals surface area contributed by atoms with Crippen LogP contribution in [0.4, 0.5) is 5.69 Å². The normalized spacial score (nSPS) is 17.3. The number of hydrogen-bond acceptors (Lipinski definition) is 2. The molecule has 1 aliphatic rings. The van der Waals surface area contributed by atoms with Crippen molar-refractivity contribution >= 4 is 17.3 Å². The first-order valence-corrected chi connectivity index (χ1v) is 6.68. The number of hydrogen-bond donors (Lipinski definition) is 0. The van der Waals surface area contributed by atoms with Gasteiger partial charge in [-0.05, 0) is 25.0 Å². The molecule has 1 fully saturated rings. The van der Waals surface area contributed by atoms with Crippen molar-refractivity contribution in [1.29, 1.82) is 0 Å². The van der Waals surface area contributed by atoms with E-state index in [1.54, 1.807) is 0 Å². The van der Waals surface area contributed by atoms with Crippen molar-refractivity contribution in [3.05, 3.63) is 24.5 Å². The molecule has 0 N–H and O–H groups in total. The summed E-state index contributed by atoms with van der Waals surface area (Å²) in [5, 5.41) is 0. The van der Waals surface area contributed by atoms with Gasteiger partial charge < -0.3 is 4.90 Å². The first kappa shape index (κ1) is 11.7. The van der Waals surface area contributed by atoms with Gasteiger partial charge in [0.25, 0.3) is 0 Å². The standard InChI is InChI=1S/C13H19ClN2/c14-8-11-16(12-4-2-1-3-5-12)13-6-9-15-10-7-13/h6-7,9-10,12H,1-5,8,11H2. The van der Waals surface area contributed by atoms with Crippen molar-refractivity contribution in [2.75, 3.05) is 17.3 Å². The molecule has 1 aliphatic carbocycles. The maximum atomic E-state index is 5.91. The van der Waals surface area contributed by atoms with Crippen molar-refractivity contribution < 1.29 is 0 Å². The van der Waals surface area contributed by atoms with Crippen molar-refractivity contribution in [2.24, 2.45) is 0 Å². The van der Waals surface area contributed by atoms with Crippen molar-refractivity contribution in [3.63, 3.8) is 0 Å². The lowest BCUT2D eigenvalue weighted by Gasteiger charge is -2.35. The number of rotatable bonds is 4. The summed E-state index contributed by atoms with van der Waals surface area (Å²) >= 11 is 5.91. The molecule has 16 heavy (non-hydrogen) atoms. The van der Waals surface area contributed by atoms with Crippen LogP contribution in [0.15, 0.2) is 24.5 Å². The Hall–Kier alpha value is -0.760. The van der Waals surface area contributed by atoms with E-state index in [1.165, 1.54) is 37.8 Å². The summed E-state index contributed by atoms with van der Waals surface area (Å²) in [6, 6.07) is 4.84. The van der Waals surface area contributed by atoms with Crippen molar-refractivity contribution in [3.8, 4) is 0 Å². The Morgan fingerprint density at radius 1 is 1.19 bits per heavy atom. The predicted molar refractivity (Wildman–Crippen MR) is 69.2 cm³/mol. The number of anilines is 1. The van der Waals surface area contributed by atoms with E-state index in [2.05, 4.69) is 22.0 Å². The zero-order valence-electron chi connectivity index (χ0n) is 9.61. The molecular weight excluding hydrogens is 220 g/mol. The van der Waals surface area contributed by atoms with Gasteiger partial charge in [-0.2, -0.15) is 0 Å². The molecule has 0 atom stereocenters. The van der Waals surface area contributed by atoms with Crippen LogP contribution in [0, 0.1) is 0 Å². The zero-order valence-corrected chi connectivity index (χ0v) is 10.4. The van der Waals surface area contributed by atoms with E-state index in [9.17, 15) is 0 Å². The van der Waals surface area contributed by atoms with E-state index in [4.69, 9.17) is 11.6 Å². The second-order valence-electron chi connectivity index (χ2n) is 4.38. The molecule has 88 valence electrons. The number of nitrogens with zero attached hydrogens (tertiary/aromatic N) is 2. The quantitative estimate of drug-likeness (QED) is 0.747. The fourth-order valence-electron chi connectivity index (χ4n) is 2.54. The monoisotopic (exact) mass is 238 g/mol. The molecule has 0 saturated heterocycles. The molecule has 0 aliphatic heterocycles. The third kappa shape index (κ3) is 2.88. The van der Waals surface area contributed by atoms with Crippen LogP contribution in [0.1, 0.15) is 32.1 Å². The fourth-order valence-corrected chi connectivity index (χ4v) is 2.72. The molecule has 0 radical (unpaired) electrons. The number of alkyl halides is 1. The molecule has 1 saturated carbocycles. The summed E-state index contributed by atoms with van der Waals surface area (Å²) in [7, 11) is 0. The average Bonchev–Trinajstić information content (AvgIpc) is 2.38. The summed E-state index contributed by atoms with van der Waals surface area (Å²) < 4.78 is 0. The van der Waals surface area contributed by atoms with Crippen LogP contribution in [0.3, 0.4) is 0 Å². The number of halogens is 1. The van der Waals surface area contributed by atoms with Crippen LogP contribution in [0.2, 0.25) is 0 Å². The summed E-state index contributed by atoms with van der Waals surface area (Å²) in [5.41, 5.74) is 1.27. The Morgan fingerprint density at radius 2 is 1.88 bits per heavy atom. The van der Waals surface area contributed by atoms with Gasteiger partial charge in [-0.3, -0.25) is 4.98 Å². The third-order valence-corrected chi connectivity index (χ3v) is 3.50. The summed E-state index contributed by atoms with van der Waals surface area (Å²) in [4.78, 5) is 6.53. The van der Waals surface area contributed by atoms with Gasteiger partial charge in [0.1, 0.15) is 0 Å². The van der Waals surface area contributed by atoms with Crippen molar-refractivity contribution in [1.82, 2.24) is 4.98 Å². The Bertz CT molecular complexity index is 296. The molecule has 2 nitrogen and oxygen atoms in total. The largest absolute Gasteiger partial charge is 0.367 e. The van der Waals surface area contributed by atoms with Crippen LogP contribution >= 0.6 is 11.6 Å². The molecule has 0 bridgehead atoms. The average molecular weight is 239 g/mol. The summed E-state index contributed by atoms with van der Waals surface area (Å²) in [6.07, 6.45) is 10.4. The Kier molecular flexibility index (Phi) is 4.46. The number of aromatic nitrogens is 1. The zero-order chi connectivity index (χ0) is 11.2. The van der Waals surface area contributed by atoms with Crippen LogP contribution < -0.4 is 4.90 Å². The Labute approximate surface area is 103 Å². The topological polar surface area (TPSA) is 16.1 Å². The minimum Gasteiger partial charge on any atom is -0.367 e. The smallest absolute Gasteiger partial charge is 0.0399 e. The molecular formula is C13H19ClN2. The van der Waals surface area contributed by atoms with E-state index in [-0.39, 0.29) is 0 Å². The predicted octanol–water partition coefficient (Wildman–Crippen LogP) is 3.46. The van der Waals surface area contributed by atoms with Gasteiger partial charge in [0.15, 0.2) is 0 Å². The lowest BCUT2D eigenvalue weighted by molar-refractivity contribution is 0.418. The maximum absolute atomic E-state index is 5.91. The lowest BCUT2D eigenvalue weighted by Crippen LogP contribution is -2.38. The van der Waals surface area contributed by atoms with Crippen LogP contribution in [0.25, 0.3) is 0 Å². The van der Waals surface area contributed by atoms with Gasteiger partial charge in [0, 0.05) is 36.5 Å². The highest BCUT2D eigenvalue weighted by Gasteiger charge is 2.20. The molecule has 2 rings (SSSR count). The third-order valence-electron chi connectivity index (χ3n) is 3.34. The highest BCUT2D eigenvalue weighted by atomic mass is 35.5. The van der Waals surface area contributed by atoms with Gasteiger partial charge in [-0.15, -0.1) is 11.6 Å². The molecule has 0 unspecified atom stereocenters. The molecule has 1 heterocycles. The minimum atomic E-state index is 0.676. The first-order valence-electron chi connectivity index (χ1n) is 6.14. The highest BCUT2D eigenvalue weighted by molar-refractivity contribution is 6.18. The molecule has 0 aromatic carbocycles. The van der Waals surface area contributed by atoms with E-state index in [0.717, 1.165) is 6.54 Å². The van der Waals surface area contributed by atoms with Crippen LogP contribution in [-0.4, -0.2) is 23.5 Å². The van der Waals surface area contributed by atoms with Gasteiger partial charge in [-0.25, -0.2) is 0 Å². The van der Waals surface area contributed by atoms with E-state index < -0.39 is 0 Å². The minimum absolute atomic E-state index is 0.676. The Balaban J connectivity index is 2.09. The second kappa shape index (κ2) is 6.09. The summed E-state index contributed by atoms with van der Waals surface area (Å²) in [5.74, 6) is 0.693. The van der Waals surface area contributed by atoms with E-state index >= 15 is 0 Å². The molecule has 0 spiro atoms. The fraction of sp³-hybridized carbons (Fsp3) is 0.615. The molecule has 0 amide bonds. The first-order chi connectivity index (χ1) is 7.92. The second-order valence-corrected chi connectivity index (χ2v) is 4.76. The van der Waals surface area contributed by atoms with Gasteiger partial charge >= 0.3 is 0 Å². The van der Waals surface area contributed by atoms with E-state index in [0.29, 0.717) is 11.9 Å². The summed E-state index contributed by atoms with van der Waals surface area (Å²) in [6.45, 7) is 0.941. The van der Waals surface area contributed by atoms with Crippen LogP contribution in [-0.2, 0) is 0 Å². The highest BCUT2D eigenvalue weighted by Crippen LogP contribution is 2.26. The van der Waals surface area contributed by atoms with Gasteiger partial charge in [0.2, 0.25) is 0 Å². The lowest BCUT2D eigenvalue weighted by atomic mass is 9.94. The van der Waals surface area contributed by atoms with E-state index in [1.807, 2.05) is 12.4 Å². The molecule has 1 aromatic rings. The van der Waals surface area contributed by atoms with Crippen LogP contribution in [0.5, 0.6) is 0 Å². The SMILES string of the molecule is ClCCN(c1ccncc1)C1CCCCC1. The Morgan fingerprint density at radius 3 is 2.50 bits per heavy atom.